The lowest BCUT2D eigenvalue weighted by atomic mass is 10.2. The van der Waals surface area contributed by atoms with Crippen molar-refractivity contribution in [2.24, 2.45) is 0 Å². The number of aliphatic carboxylic acids is 1. The maximum absolute atomic E-state index is 10.4. The zero-order chi connectivity index (χ0) is 10.7. The van der Waals surface area contributed by atoms with Crippen molar-refractivity contribution >= 4 is 5.97 Å². The van der Waals surface area contributed by atoms with Gasteiger partial charge in [0.2, 0.25) is 0 Å². The minimum Gasteiger partial charge on any atom is -0.481 e. The first kappa shape index (κ1) is 9.39. The normalized spacial score (nSPS) is 10.1. The average molecular weight is 203 g/mol. The van der Waals surface area contributed by atoms with Crippen molar-refractivity contribution in [3.63, 3.8) is 0 Å². The molecule has 1 aromatic heterocycles. The first-order valence-electron chi connectivity index (χ1n) is 4.44. The summed E-state index contributed by atoms with van der Waals surface area (Å²) in [5.74, 6) is -0.0539. The van der Waals surface area contributed by atoms with E-state index in [0.717, 1.165) is 5.56 Å². The summed E-state index contributed by atoms with van der Waals surface area (Å²) in [5, 5.41) is 15.1. The largest absolute Gasteiger partial charge is 0.481 e. The molecule has 0 atom stereocenters. The van der Waals surface area contributed by atoms with E-state index in [2.05, 4.69) is 15.2 Å². The van der Waals surface area contributed by atoms with Crippen molar-refractivity contribution in [1.82, 2.24) is 15.2 Å². The molecule has 0 bridgehead atoms. The summed E-state index contributed by atoms with van der Waals surface area (Å²) in [6.45, 7) is 0. The van der Waals surface area contributed by atoms with Crippen molar-refractivity contribution in [1.29, 1.82) is 0 Å². The topological polar surface area (TPSA) is 78.9 Å². The number of hydrogen-bond donors (Lipinski definition) is 2. The predicted molar refractivity (Wildman–Crippen MR) is 53.2 cm³/mol. The molecule has 0 saturated carbocycles. The Morgan fingerprint density at radius 2 is 2.07 bits per heavy atom. The molecule has 0 spiro atoms. The van der Waals surface area contributed by atoms with Gasteiger partial charge in [-0.1, -0.05) is 30.3 Å². The van der Waals surface area contributed by atoms with Crippen LogP contribution < -0.4 is 0 Å². The summed E-state index contributed by atoms with van der Waals surface area (Å²) in [5.41, 5.74) is 0.890. The molecule has 15 heavy (non-hydrogen) atoms. The highest BCUT2D eigenvalue weighted by atomic mass is 16.4. The van der Waals surface area contributed by atoms with Crippen molar-refractivity contribution in [2.45, 2.75) is 6.42 Å². The number of hydrogen-bond acceptors (Lipinski definition) is 3. The van der Waals surface area contributed by atoms with Gasteiger partial charge in [-0.15, -0.1) is 0 Å². The van der Waals surface area contributed by atoms with E-state index in [1.807, 2.05) is 30.3 Å². The Balaban J connectivity index is 2.24. The highest BCUT2D eigenvalue weighted by molar-refractivity contribution is 5.69. The molecule has 76 valence electrons. The van der Waals surface area contributed by atoms with E-state index in [-0.39, 0.29) is 6.42 Å². The summed E-state index contributed by atoms with van der Waals surface area (Å²) in [6.07, 6.45) is -0.163. The summed E-state index contributed by atoms with van der Waals surface area (Å²) in [7, 11) is 0. The summed E-state index contributed by atoms with van der Waals surface area (Å²) < 4.78 is 0. The van der Waals surface area contributed by atoms with Crippen LogP contribution in [0.4, 0.5) is 0 Å². The monoisotopic (exact) mass is 203 g/mol. The standard InChI is InChI=1S/C10H9N3O2/c14-9(15)6-8-11-10(13-12-8)7-4-2-1-3-5-7/h1-5H,6H2,(H,14,15)(H,11,12,13). The van der Waals surface area contributed by atoms with Gasteiger partial charge in [0, 0.05) is 5.56 Å². The van der Waals surface area contributed by atoms with Gasteiger partial charge in [-0.25, -0.2) is 4.98 Å². The van der Waals surface area contributed by atoms with Crippen molar-refractivity contribution in [3.8, 4) is 11.4 Å². The van der Waals surface area contributed by atoms with E-state index < -0.39 is 5.97 Å². The van der Waals surface area contributed by atoms with Gasteiger partial charge in [0.25, 0.3) is 0 Å². The Kier molecular flexibility index (Phi) is 2.45. The molecule has 0 fully saturated rings. The summed E-state index contributed by atoms with van der Waals surface area (Å²) in [6, 6.07) is 9.43. The second-order valence-corrected chi connectivity index (χ2v) is 3.04. The molecule has 5 nitrogen and oxygen atoms in total. The van der Waals surface area contributed by atoms with E-state index in [0.29, 0.717) is 11.6 Å². The molecule has 2 N–H and O–H groups in total. The summed E-state index contributed by atoms with van der Waals surface area (Å²) >= 11 is 0. The van der Waals surface area contributed by atoms with Crippen molar-refractivity contribution in [2.75, 3.05) is 0 Å². The van der Waals surface area contributed by atoms with Crippen LogP contribution in [0.5, 0.6) is 0 Å². The Bertz CT molecular complexity index is 465. The second-order valence-electron chi connectivity index (χ2n) is 3.04. The molecule has 5 heteroatoms. The number of carboxylic acids is 1. The minimum absolute atomic E-state index is 0.163. The van der Waals surface area contributed by atoms with Crippen LogP contribution in [0.2, 0.25) is 0 Å². The van der Waals surface area contributed by atoms with Crippen molar-refractivity contribution < 1.29 is 9.90 Å². The van der Waals surface area contributed by atoms with Gasteiger partial charge >= 0.3 is 5.97 Å². The van der Waals surface area contributed by atoms with Gasteiger partial charge in [-0.3, -0.25) is 9.89 Å². The van der Waals surface area contributed by atoms with Crippen molar-refractivity contribution in [3.05, 3.63) is 36.2 Å². The number of nitrogens with zero attached hydrogens (tertiary/aromatic N) is 2. The molecule has 0 aliphatic rings. The molecular formula is C10H9N3O2. The van der Waals surface area contributed by atoms with E-state index in [9.17, 15) is 4.79 Å². The third kappa shape index (κ3) is 2.19. The molecule has 0 saturated heterocycles. The lowest BCUT2D eigenvalue weighted by Gasteiger charge is -1.92. The van der Waals surface area contributed by atoms with Gasteiger partial charge in [-0.05, 0) is 0 Å². The Hall–Kier alpha value is -2.17. The third-order valence-corrected chi connectivity index (χ3v) is 1.89. The van der Waals surface area contributed by atoms with Crippen LogP contribution in [-0.4, -0.2) is 26.3 Å². The fraction of sp³-hybridized carbons (Fsp3) is 0.100. The van der Waals surface area contributed by atoms with Gasteiger partial charge < -0.3 is 5.11 Å². The van der Waals surface area contributed by atoms with E-state index in [1.54, 1.807) is 0 Å². The molecule has 0 unspecified atom stereocenters. The van der Waals surface area contributed by atoms with E-state index in [1.165, 1.54) is 0 Å². The second kappa shape index (κ2) is 3.91. The first-order chi connectivity index (χ1) is 7.25. The lowest BCUT2D eigenvalue weighted by molar-refractivity contribution is -0.136. The number of carbonyl (C=O) groups is 1. The Labute approximate surface area is 85.8 Å². The first-order valence-corrected chi connectivity index (χ1v) is 4.44. The van der Waals surface area contributed by atoms with E-state index >= 15 is 0 Å². The number of aromatic amines is 1. The van der Waals surface area contributed by atoms with Crippen LogP contribution in [-0.2, 0) is 11.2 Å². The summed E-state index contributed by atoms with van der Waals surface area (Å²) in [4.78, 5) is 14.5. The molecular weight excluding hydrogens is 194 g/mol. The SMILES string of the molecule is O=C(O)Cc1n[nH]c(-c2ccccc2)n1. The number of H-pyrrole nitrogens is 1. The molecule has 0 aliphatic carbocycles. The van der Waals surface area contributed by atoms with Gasteiger partial charge in [0.05, 0.1) is 0 Å². The van der Waals surface area contributed by atoms with Gasteiger partial charge in [-0.2, -0.15) is 5.10 Å². The molecule has 0 radical (unpaired) electrons. The van der Waals surface area contributed by atoms with E-state index in [4.69, 9.17) is 5.11 Å². The van der Waals surface area contributed by atoms with Gasteiger partial charge in [0.15, 0.2) is 11.6 Å². The molecule has 1 heterocycles. The number of nitrogens with one attached hydrogen (secondary N) is 1. The minimum atomic E-state index is -0.936. The predicted octanol–water partition coefficient (Wildman–Crippen LogP) is 1.10. The van der Waals surface area contributed by atoms with Crippen LogP contribution in [0.25, 0.3) is 11.4 Å². The number of aromatic nitrogens is 3. The average Bonchev–Trinajstić information content (AvgIpc) is 2.67. The Morgan fingerprint density at radius 1 is 1.33 bits per heavy atom. The third-order valence-electron chi connectivity index (χ3n) is 1.89. The molecule has 0 amide bonds. The highest BCUT2D eigenvalue weighted by Crippen LogP contribution is 2.13. The number of carboxylic acid groups (broad SMARTS) is 1. The van der Waals surface area contributed by atoms with Crippen LogP contribution >= 0.6 is 0 Å². The molecule has 1 aromatic carbocycles. The maximum atomic E-state index is 10.4. The zero-order valence-electron chi connectivity index (χ0n) is 7.84. The Morgan fingerprint density at radius 3 is 2.73 bits per heavy atom. The molecule has 0 aliphatic heterocycles. The van der Waals surface area contributed by atoms with Gasteiger partial charge in [0.1, 0.15) is 6.42 Å². The van der Waals surface area contributed by atoms with Crippen LogP contribution in [0.3, 0.4) is 0 Å². The molecule has 2 aromatic rings. The molecule has 2 rings (SSSR count). The lowest BCUT2D eigenvalue weighted by Crippen LogP contribution is -2.01. The number of rotatable bonds is 3. The smallest absolute Gasteiger partial charge is 0.311 e. The quantitative estimate of drug-likeness (QED) is 0.782. The van der Waals surface area contributed by atoms with Crippen LogP contribution in [0, 0.1) is 0 Å². The highest BCUT2D eigenvalue weighted by Gasteiger charge is 2.07. The maximum Gasteiger partial charge on any atom is 0.311 e. The fourth-order valence-corrected chi connectivity index (χ4v) is 1.24. The number of benzene rings is 1. The van der Waals surface area contributed by atoms with Crippen LogP contribution in [0.15, 0.2) is 30.3 Å². The fourth-order valence-electron chi connectivity index (χ4n) is 1.24. The zero-order valence-corrected chi connectivity index (χ0v) is 7.84. The van der Waals surface area contributed by atoms with Crippen LogP contribution in [0.1, 0.15) is 5.82 Å².